The van der Waals surface area contributed by atoms with Crippen molar-refractivity contribution >= 4 is 23.3 Å². The molecule has 0 unspecified atom stereocenters. The van der Waals surface area contributed by atoms with E-state index < -0.39 is 5.82 Å². The molecule has 0 aliphatic heterocycles. The summed E-state index contributed by atoms with van der Waals surface area (Å²) in [4.78, 5) is 19.0. The van der Waals surface area contributed by atoms with Crippen LogP contribution in [0.25, 0.3) is 0 Å². The summed E-state index contributed by atoms with van der Waals surface area (Å²) in [6.07, 6.45) is 4.03. The Hall–Kier alpha value is -1.43. The molecule has 4 atom stereocenters. The number of primary amides is 1. The van der Waals surface area contributed by atoms with Gasteiger partial charge >= 0.3 is 0 Å². The van der Waals surface area contributed by atoms with E-state index in [2.05, 4.69) is 15.3 Å². The molecule has 1 amide bonds. The third-order valence-corrected chi connectivity index (χ3v) is 4.45. The molecule has 3 rings (SSSR count). The van der Waals surface area contributed by atoms with E-state index in [0.29, 0.717) is 11.8 Å². The predicted molar refractivity (Wildman–Crippen MR) is 67.9 cm³/mol. The first-order valence-electron chi connectivity index (χ1n) is 6.30. The highest BCUT2D eigenvalue weighted by molar-refractivity contribution is 6.28. The molecule has 5 nitrogen and oxygen atoms in total. The summed E-state index contributed by atoms with van der Waals surface area (Å²) in [5, 5.41) is 2.98. The molecule has 1 heterocycles. The van der Waals surface area contributed by atoms with Crippen LogP contribution in [0.4, 0.5) is 10.2 Å². The predicted octanol–water partition coefficient (Wildman–Crippen LogP) is 1.58. The van der Waals surface area contributed by atoms with Crippen LogP contribution >= 0.6 is 11.6 Å². The van der Waals surface area contributed by atoms with Crippen LogP contribution in [-0.2, 0) is 4.79 Å². The van der Waals surface area contributed by atoms with Crippen LogP contribution < -0.4 is 11.1 Å². The molecular weight excluding hydrogens is 271 g/mol. The van der Waals surface area contributed by atoms with Gasteiger partial charge in [-0.2, -0.15) is 4.98 Å². The van der Waals surface area contributed by atoms with Gasteiger partial charge in [-0.05, 0) is 42.7 Å². The summed E-state index contributed by atoms with van der Waals surface area (Å²) < 4.78 is 13.6. The van der Waals surface area contributed by atoms with Gasteiger partial charge in [0, 0.05) is 6.04 Å². The number of nitrogens with two attached hydrogens (primary N) is 1. The first kappa shape index (κ1) is 12.6. The molecule has 2 aliphatic rings. The van der Waals surface area contributed by atoms with Crippen molar-refractivity contribution in [2.75, 3.05) is 5.32 Å². The summed E-state index contributed by atoms with van der Waals surface area (Å²) in [6.45, 7) is 0. The van der Waals surface area contributed by atoms with Gasteiger partial charge in [-0.25, -0.2) is 9.37 Å². The molecule has 3 N–H and O–H groups in total. The second kappa shape index (κ2) is 4.59. The highest BCUT2D eigenvalue weighted by atomic mass is 35.5. The van der Waals surface area contributed by atoms with Crippen molar-refractivity contribution in [3.63, 3.8) is 0 Å². The molecule has 2 bridgehead atoms. The molecule has 2 aliphatic carbocycles. The van der Waals surface area contributed by atoms with E-state index in [4.69, 9.17) is 17.3 Å². The van der Waals surface area contributed by atoms with Crippen molar-refractivity contribution in [3.05, 3.63) is 17.3 Å². The zero-order valence-corrected chi connectivity index (χ0v) is 10.9. The lowest BCUT2D eigenvalue weighted by Crippen LogP contribution is -2.42. The number of fused-ring (bicyclic) bond motifs is 2. The maximum atomic E-state index is 13.6. The minimum Gasteiger partial charge on any atom is -0.369 e. The van der Waals surface area contributed by atoms with Gasteiger partial charge in [0.15, 0.2) is 11.6 Å². The lowest BCUT2D eigenvalue weighted by atomic mass is 9.84. The Bertz CT molecular complexity index is 526. The molecule has 0 spiro atoms. The van der Waals surface area contributed by atoms with Gasteiger partial charge in [-0.3, -0.25) is 4.79 Å². The molecule has 2 saturated carbocycles. The van der Waals surface area contributed by atoms with Crippen LogP contribution in [0.2, 0.25) is 5.28 Å². The average Bonchev–Trinajstić information content (AvgIpc) is 2.94. The van der Waals surface area contributed by atoms with Crippen LogP contribution in [0, 0.1) is 23.6 Å². The third kappa shape index (κ3) is 2.14. The summed E-state index contributed by atoms with van der Waals surface area (Å²) in [5.41, 5.74) is 5.46. The Morgan fingerprint density at radius 1 is 1.47 bits per heavy atom. The Morgan fingerprint density at radius 2 is 2.21 bits per heavy atom. The molecule has 1 aromatic heterocycles. The van der Waals surface area contributed by atoms with E-state index in [1.807, 2.05) is 0 Å². The van der Waals surface area contributed by atoms with Crippen LogP contribution in [0.5, 0.6) is 0 Å². The number of hydrogen-bond acceptors (Lipinski definition) is 4. The Kier molecular flexibility index (Phi) is 3.05. The fourth-order valence-corrected chi connectivity index (χ4v) is 3.65. The number of hydrogen-bond donors (Lipinski definition) is 2. The summed E-state index contributed by atoms with van der Waals surface area (Å²) in [5.74, 6) is -0.465. The summed E-state index contributed by atoms with van der Waals surface area (Å²) in [7, 11) is 0. The number of carbonyl (C=O) groups is 1. The van der Waals surface area contributed by atoms with E-state index in [9.17, 15) is 9.18 Å². The fraction of sp³-hybridized carbons (Fsp3) is 0.583. The van der Waals surface area contributed by atoms with Crippen LogP contribution in [-0.4, -0.2) is 21.9 Å². The number of rotatable bonds is 3. The summed E-state index contributed by atoms with van der Waals surface area (Å²) >= 11 is 5.66. The van der Waals surface area contributed by atoms with Gasteiger partial charge in [0.05, 0.1) is 12.1 Å². The van der Waals surface area contributed by atoms with Crippen molar-refractivity contribution < 1.29 is 9.18 Å². The quantitative estimate of drug-likeness (QED) is 0.826. The number of halogens is 2. The van der Waals surface area contributed by atoms with Gasteiger partial charge < -0.3 is 11.1 Å². The number of nitrogens with one attached hydrogen (secondary N) is 1. The normalized spacial score (nSPS) is 32.5. The van der Waals surface area contributed by atoms with E-state index in [0.717, 1.165) is 25.5 Å². The highest BCUT2D eigenvalue weighted by Crippen LogP contribution is 2.49. The van der Waals surface area contributed by atoms with Gasteiger partial charge in [-0.15, -0.1) is 0 Å². The van der Waals surface area contributed by atoms with Crippen molar-refractivity contribution in [1.82, 2.24) is 9.97 Å². The van der Waals surface area contributed by atoms with Crippen molar-refractivity contribution in [2.24, 2.45) is 23.5 Å². The monoisotopic (exact) mass is 284 g/mol. The van der Waals surface area contributed by atoms with Gasteiger partial charge in [-0.1, -0.05) is 0 Å². The Labute approximate surface area is 114 Å². The number of amides is 1. The fourth-order valence-electron chi connectivity index (χ4n) is 3.51. The SMILES string of the molecule is NC(=O)[C@H]1[C@H]2CC[C@H](C2)[C@H]1Nc1nc(Cl)ncc1F. The zero-order valence-electron chi connectivity index (χ0n) is 10.1. The first-order valence-corrected chi connectivity index (χ1v) is 6.68. The third-order valence-electron chi connectivity index (χ3n) is 4.26. The van der Waals surface area contributed by atoms with E-state index in [-0.39, 0.29) is 29.0 Å². The summed E-state index contributed by atoms with van der Waals surface area (Å²) in [6, 6.07) is -0.156. The highest BCUT2D eigenvalue weighted by Gasteiger charge is 2.50. The number of aromatic nitrogens is 2. The van der Waals surface area contributed by atoms with E-state index >= 15 is 0 Å². The van der Waals surface area contributed by atoms with E-state index in [1.54, 1.807) is 0 Å². The number of carbonyl (C=O) groups excluding carboxylic acids is 1. The Balaban J connectivity index is 1.85. The smallest absolute Gasteiger partial charge is 0.224 e. The Morgan fingerprint density at radius 3 is 2.95 bits per heavy atom. The van der Waals surface area contributed by atoms with Crippen molar-refractivity contribution in [1.29, 1.82) is 0 Å². The minimum atomic E-state index is -0.574. The lowest BCUT2D eigenvalue weighted by Gasteiger charge is -2.30. The first-order chi connectivity index (χ1) is 9.06. The van der Waals surface area contributed by atoms with Crippen LogP contribution in [0.3, 0.4) is 0 Å². The zero-order chi connectivity index (χ0) is 13.6. The second-order valence-corrected chi connectivity index (χ2v) is 5.61. The van der Waals surface area contributed by atoms with Gasteiger partial charge in [0.2, 0.25) is 11.2 Å². The molecule has 0 aromatic carbocycles. The maximum Gasteiger partial charge on any atom is 0.224 e. The molecule has 0 saturated heterocycles. The minimum absolute atomic E-state index is 0.0253. The van der Waals surface area contributed by atoms with Crippen LogP contribution in [0.1, 0.15) is 19.3 Å². The largest absolute Gasteiger partial charge is 0.369 e. The molecule has 0 radical (unpaired) electrons. The van der Waals surface area contributed by atoms with Crippen LogP contribution in [0.15, 0.2) is 6.20 Å². The molecule has 102 valence electrons. The molecule has 2 fully saturated rings. The lowest BCUT2D eigenvalue weighted by molar-refractivity contribution is -0.123. The molecule has 19 heavy (non-hydrogen) atoms. The molecule has 1 aromatic rings. The van der Waals surface area contributed by atoms with Gasteiger partial charge in [0.1, 0.15) is 0 Å². The molecular formula is C12H14ClFN4O. The maximum absolute atomic E-state index is 13.6. The van der Waals surface area contributed by atoms with Crippen molar-refractivity contribution in [2.45, 2.75) is 25.3 Å². The second-order valence-electron chi connectivity index (χ2n) is 5.27. The number of nitrogens with zero attached hydrogens (tertiary/aromatic N) is 2. The van der Waals surface area contributed by atoms with Crippen molar-refractivity contribution in [3.8, 4) is 0 Å². The standard InChI is InChI=1S/C12H14ClFN4O/c13-12-16-4-7(14)11(18-12)17-9-6-2-1-5(3-6)8(9)10(15)19/h4-6,8-9H,1-3H2,(H2,15,19)(H,16,17,18)/t5-,6+,8-,9+/m0/s1. The molecule has 7 heteroatoms. The number of anilines is 1. The van der Waals surface area contributed by atoms with Gasteiger partial charge in [0.25, 0.3) is 0 Å². The topological polar surface area (TPSA) is 80.9 Å². The van der Waals surface area contributed by atoms with E-state index in [1.165, 1.54) is 0 Å². The average molecular weight is 285 g/mol.